The van der Waals surface area contributed by atoms with Gasteiger partial charge in [-0.3, -0.25) is 4.79 Å². The molecule has 0 spiro atoms. The van der Waals surface area contributed by atoms with Crippen molar-refractivity contribution in [1.82, 2.24) is 0 Å². The topological polar surface area (TPSA) is 55.1 Å². The van der Waals surface area contributed by atoms with Gasteiger partial charge >= 0.3 is 0 Å². The van der Waals surface area contributed by atoms with Crippen LogP contribution in [-0.2, 0) is 0 Å². The van der Waals surface area contributed by atoms with Crippen LogP contribution in [0.5, 0.6) is 0 Å². The number of amides is 1. The van der Waals surface area contributed by atoms with E-state index in [9.17, 15) is 9.18 Å². The zero-order chi connectivity index (χ0) is 14.0. The van der Waals surface area contributed by atoms with Crippen molar-refractivity contribution in [1.29, 1.82) is 0 Å². The van der Waals surface area contributed by atoms with Crippen molar-refractivity contribution in [3.63, 3.8) is 0 Å². The molecule has 98 valence electrons. The number of carbonyl (C=O) groups is 1. The molecular weight excluding hydrogens is 290 g/mol. The summed E-state index contributed by atoms with van der Waals surface area (Å²) in [6.45, 7) is 0. The Kier molecular flexibility index (Phi) is 3.93. The van der Waals surface area contributed by atoms with Crippen molar-refractivity contribution in [2.24, 2.45) is 0 Å². The van der Waals surface area contributed by atoms with E-state index in [0.717, 1.165) is 0 Å². The molecule has 0 bridgehead atoms. The summed E-state index contributed by atoms with van der Waals surface area (Å²) < 4.78 is 13.3. The number of halogens is 3. The molecule has 3 nitrogen and oxygen atoms in total. The van der Waals surface area contributed by atoms with Crippen LogP contribution in [0.25, 0.3) is 0 Å². The van der Waals surface area contributed by atoms with Crippen LogP contribution in [0, 0.1) is 5.82 Å². The first-order chi connectivity index (χ1) is 9.00. The normalized spacial score (nSPS) is 10.3. The molecule has 0 unspecified atom stereocenters. The van der Waals surface area contributed by atoms with Gasteiger partial charge in [-0.05, 0) is 24.3 Å². The van der Waals surface area contributed by atoms with E-state index in [2.05, 4.69) is 5.32 Å². The Hall–Kier alpha value is -1.78. The SMILES string of the molecule is Nc1c(F)cccc1C(=O)Nc1cccc(Cl)c1Cl. The van der Waals surface area contributed by atoms with Crippen molar-refractivity contribution in [3.05, 3.63) is 57.8 Å². The Morgan fingerprint density at radius 3 is 2.58 bits per heavy atom. The number of anilines is 2. The maximum atomic E-state index is 13.3. The molecule has 0 aliphatic heterocycles. The number of rotatable bonds is 2. The predicted octanol–water partition coefficient (Wildman–Crippen LogP) is 3.97. The summed E-state index contributed by atoms with van der Waals surface area (Å²) in [6.07, 6.45) is 0. The second kappa shape index (κ2) is 5.47. The van der Waals surface area contributed by atoms with Crippen molar-refractivity contribution < 1.29 is 9.18 Å². The molecular formula is C13H9Cl2FN2O. The minimum Gasteiger partial charge on any atom is -0.396 e. The van der Waals surface area contributed by atoms with Gasteiger partial charge in [-0.25, -0.2) is 4.39 Å². The van der Waals surface area contributed by atoms with Gasteiger partial charge in [0.05, 0.1) is 27.0 Å². The monoisotopic (exact) mass is 298 g/mol. The van der Waals surface area contributed by atoms with Gasteiger partial charge in [0.2, 0.25) is 0 Å². The minimum absolute atomic E-state index is 0.0380. The quantitative estimate of drug-likeness (QED) is 0.824. The third-order valence-electron chi connectivity index (χ3n) is 2.50. The summed E-state index contributed by atoms with van der Waals surface area (Å²) in [5, 5.41) is 3.06. The van der Waals surface area contributed by atoms with Gasteiger partial charge in [-0.1, -0.05) is 35.3 Å². The van der Waals surface area contributed by atoms with Crippen LogP contribution in [-0.4, -0.2) is 5.91 Å². The fourth-order valence-corrected chi connectivity index (χ4v) is 1.87. The Morgan fingerprint density at radius 2 is 1.84 bits per heavy atom. The average molecular weight is 299 g/mol. The molecule has 0 aliphatic rings. The number of nitrogen functional groups attached to an aromatic ring is 1. The number of hydrogen-bond donors (Lipinski definition) is 2. The zero-order valence-corrected chi connectivity index (χ0v) is 11.1. The van der Waals surface area contributed by atoms with Crippen LogP contribution in [0.1, 0.15) is 10.4 Å². The first-order valence-corrected chi connectivity index (χ1v) is 6.05. The lowest BCUT2D eigenvalue weighted by Crippen LogP contribution is -2.15. The van der Waals surface area contributed by atoms with Crippen molar-refractivity contribution >= 4 is 40.5 Å². The first kappa shape index (κ1) is 13.6. The van der Waals surface area contributed by atoms with Crippen molar-refractivity contribution in [3.8, 4) is 0 Å². The Balaban J connectivity index is 2.31. The Labute approximate surface area is 119 Å². The van der Waals surface area contributed by atoms with E-state index in [4.69, 9.17) is 28.9 Å². The predicted molar refractivity (Wildman–Crippen MR) is 75.2 cm³/mol. The van der Waals surface area contributed by atoms with Gasteiger partial charge in [0.25, 0.3) is 5.91 Å². The third-order valence-corrected chi connectivity index (χ3v) is 3.32. The van der Waals surface area contributed by atoms with E-state index >= 15 is 0 Å². The largest absolute Gasteiger partial charge is 0.396 e. The van der Waals surface area contributed by atoms with Gasteiger partial charge in [0.1, 0.15) is 5.82 Å². The smallest absolute Gasteiger partial charge is 0.257 e. The van der Waals surface area contributed by atoms with E-state index in [0.29, 0.717) is 10.7 Å². The fraction of sp³-hybridized carbons (Fsp3) is 0. The molecule has 0 saturated heterocycles. The molecule has 0 fully saturated rings. The highest BCUT2D eigenvalue weighted by molar-refractivity contribution is 6.44. The molecule has 0 saturated carbocycles. The summed E-state index contributed by atoms with van der Waals surface area (Å²) in [5.41, 5.74) is 5.67. The Bertz CT molecular complexity index is 647. The van der Waals surface area contributed by atoms with Crippen LogP contribution in [0.4, 0.5) is 15.8 Å². The van der Waals surface area contributed by atoms with E-state index in [-0.39, 0.29) is 16.3 Å². The van der Waals surface area contributed by atoms with Crippen LogP contribution < -0.4 is 11.1 Å². The second-order valence-electron chi connectivity index (χ2n) is 3.76. The van der Waals surface area contributed by atoms with E-state index in [1.807, 2.05) is 0 Å². The summed E-state index contributed by atoms with van der Waals surface area (Å²) in [6, 6.07) is 8.82. The van der Waals surface area contributed by atoms with Crippen molar-refractivity contribution in [2.75, 3.05) is 11.1 Å². The number of nitrogens with one attached hydrogen (secondary N) is 1. The number of carbonyl (C=O) groups excluding carboxylic acids is 1. The third kappa shape index (κ3) is 2.80. The summed E-state index contributed by atoms with van der Waals surface area (Å²) in [4.78, 5) is 12.0. The highest BCUT2D eigenvalue weighted by atomic mass is 35.5. The number of para-hydroxylation sites is 1. The first-order valence-electron chi connectivity index (χ1n) is 5.30. The maximum absolute atomic E-state index is 13.3. The standard InChI is InChI=1S/C13H9Cl2FN2O/c14-8-4-2-6-10(11(8)15)18-13(19)7-3-1-5-9(16)12(7)17/h1-6H,17H2,(H,18,19). The Morgan fingerprint density at radius 1 is 1.16 bits per heavy atom. The summed E-state index contributed by atoms with van der Waals surface area (Å²) in [7, 11) is 0. The lowest BCUT2D eigenvalue weighted by Gasteiger charge is -2.10. The van der Waals surface area contributed by atoms with E-state index in [1.54, 1.807) is 18.2 Å². The van der Waals surface area contributed by atoms with E-state index in [1.165, 1.54) is 18.2 Å². The van der Waals surface area contributed by atoms with Crippen LogP contribution >= 0.6 is 23.2 Å². The summed E-state index contributed by atoms with van der Waals surface area (Å²) in [5.74, 6) is -1.20. The highest BCUT2D eigenvalue weighted by Gasteiger charge is 2.14. The molecule has 2 aromatic rings. The van der Waals surface area contributed by atoms with Gasteiger partial charge in [-0.2, -0.15) is 0 Å². The van der Waals surface area contributed by atoms with Crippen LogP contribution in [0.3, 0.4) is 0 Å². The molecule has 2 rings (SSSR count). The zero-order valence-electron chi connectivity index (χ0n) is 9.58. The minimum atomic E-state index is -0.648. The van der Waals surface area contributed by atoms with Crippen molar-refractivity contribution in [2.45, 2.75) is 0 Å². The molecule has 3 N–H and O–H groups in total. The highest BCUT2D eigenvalue weighted by Crippen LogP contribution is 2.30. The maximum Gasteiger partial charge on any atom is 0.257 e. The summed E-state index contributed by atoms with van der Waals surface area (Å²) >= 11 is 11.8. The molecule has 0 aliphatic carbocycles. The molecule has 0 heterocycles. The molecule has 2 aromatic carbocycles. The average Bonchev–Trinajstić information content (AvgIpc) is 2.38. The molecule has 19 heavy (non-hydrogen) atoms. The van der Waals surface area contributed by atoms with Gasteiger partial charge in [0.15, 0.2) is 0 Å². The molecule has 0 aromatic heterocycles. The van der Waals surface area contributed by atoms with E-state index < -0.39 is 11.7 Å². The fourth-order valence-electron chi connectivity index (χ4n) is 1.53. The lowest BCUT2D eigenvalue weighted by molar-refractivity contribution is 0.102. The van der Waals surface area contributed by atoms with Crippen LogP contribution in [0.2, 0.25) is 10.0 Å². The molecule has 0 radical (unpaired) electrons. The molecule has 6 heteroatoms. The van der Waals surface area contributed by atoms with Crippen LogP contribution in [0.15, 0.2) is 36.4 Å². The number of benzene rings is 2. The number of nitrogens with two attached hydrogens (primary N) is 1. The number of hydrogen-bond acceptors (Lipinski definition) is 2. The van der Waals surface area contributed by atoms with Gasteiger partial charge in [-0.15, -0.1) is 0 Å². The second-order valence-corrected chi connectivity index (χ2v) is 4.54. The molecule has 0 atom stereocenters. The molecule has 1 amide bonds. The lowest BCUT2D eigenvalue weighted by atomic mass is 10.1. The van der Waals surface area contributed by atoms with Gasteiger partial charge < -0.3 is 11.1 Å². The van der Waals surface area contributed by atoms with Gasteiger partial charge in [0, 0.05) is 0 Å².